The first-order chi connectivity index (χ1) is 8.79. The second-order valence-corrected chi connectivity index (χ2v) is 7.21. The van der Waals surface area contributed by atoms with Gasteiger partial charge in [0.2, 0.25) is 0 Å². The predicted octanol–water partition coefficient (Wildman–Crippen LogP) is -0.573. The van der Waals surface area contributed by atoms with Gasteiger partial charge >= 0.3 is 14.7 Å². The van der Waals surface area contributed by atoms with Gasteiger partial charge in [-0.25, -0.2) is 18.6 Å². The number of nitrogens with zero attached hydrogens (tertiary/aromatic N) is 1. The van der Waals surface area contributed by atoms with Crippen LogP contribution < -0.4 is 18.6 Å². The average molecular weight is 340 g/mol. The third-order valence-corrected chi connectivity index (χ3v) is 5.36. The standard InChI is InChI=1S/C10H10NS3.ClHO4/c1-7-3-5-8(6-4-7)9-11-10(12-2)14-13-9;2-1(3,4)5/h3-6H,1-2H3;(H,2,3,4,5)/q+1;/p-1. The van der Waals surface area contributed by atoms with Gasteiger partial charge in [-0.05, 0) is 24.9 Å². The van der Waals surface area contributed by atoms with E-state index in [-0.39, 0.29) is 0 Å². The molecule has 0 amide bonds. The second-order valence-electron chi connectivity index (χ2n) is 3.30. The number of benzene rings is 1. The molecule has 0 saturated carbocycles. The largest absolute Gasteiger partial charge is 0.376 e. The Balaban J connectivity index is 0.000000312. The third kappa shape index (κ3) is 7.14. The smallest absolute Gasteiger partial charge is 0.222 e. The van der Waals surface area contributed by atoms with E-state index in [1.165, 1.54) is 11.1 Å². The molecule has 0 saturated heterocycles. The van der Waals surface area contributed by atoms with E-state index in [1.807, 2.05) is 0 Å². The highest BCUT2D eigenvalue weighted by molar-refractivity contribution is 8.02. The van der Waals surface area contributed by atoms with E-state index in [0.29, 0.717) is 0 Å². The number of hydrogen-bond donors (Lipinski definition) is 0. The zero-order valence-corrected chi connectivity index (χ0v) is 13.2. The van der Waals surface area contributed by atoms with Crippen molar-refractivity contribution in [3.8, 4) is 10.6 Å². The van der Waals surface area contributed by atoms with E-state index >= 15 is 0 Å². The van der Waals surface area contributed by atoms with Gasteiger partial charge in [-0.3, -0.25) is 0 Å². The molecule has 2 aromatic rings. The van der Waals surface area contributed by atoms with Gasteiger partial charge in [-0.1, -0.05) is 29.8 Å². The quantitative estimate of drug-likeness (QED) is 0.412. The number of aromatic nitrogens is 1. The van der Waals surface area contributed by atoms with Gasteiger partial charge in [0.05, 0.1) is 0 Å². The van der Waals surface area contributed by atoms with Crippen molar-refractivity contribution in [3.63, 3.8) is 0 Å². The van der Waals surface area contributed by atoms with Crippen LogP contribution in [-0.4, -0.2) is 11.2 Å². The molecule has 0 aliphatic rings. The highest BCUT2D eigenvalue weighted by atomic mass is 35.7. The minimum Gasteiger partial charge on any atom is -0.222 e. The van der Waals surface area contributed by atoms with Crippen molar-refractivity contribution in [3.05, 3.63) is 29.8 Å². The minimum atomic E-state index is -4.94. The van der Waals surface area contributed by atoms with Crippen LogP contribution in [0.15, 0.2) is 28.6 Å². The molecule has 1 aromatic heterocycles. The zero-order chi connectivity index (χ0) is 14.5. The normalized spacial score (nSPS) is 10.8. The van der Waals surface area contributed by atoms with Gasteiger partial charge in [0, 0.05) is 5.56 Å². The molecule has 9 heteroatoms. The summed E-state index contributed by atoms with van der Waals surface area (Å²) in [5.74, 6) is 0. The average Bonchev–Trinajstić information content (AvgIpc) is 2.76. The van der Waals surface area contributed by atoms with Crippen LogP contribution in [0.4, 0.5) is 0 Å². The summed E-state index contributed by atoms with van der Waals surface area (Å²) >= 11 is 1.71. The lowest BCUT2D eigenvalue weighted by Crippen LogP contribution is -2.68. The SMILES string of the molecule is CSc1nc(-c2ccc(C)cc2)s[s+]1.[O-][Cl+3]([O-])([O-])[O-]. The van der Waals surface area contributed by atoms with Crippen molar-refractivity contribution in [1.82, 2.24) is 4.98 Å². The molecule has 0 bridgehead atoms. The fourth-order valence-electron chi connectivity index (χ4n) is 1.08. The molecule has 1 heterocycles. The molecule has 2 rings (SSSR count). The maximum Gasteiger partial charge on any atom is 0.376 e. The number of hydrogen-bond acceptors (Lipinski definition) is 7. The lowest BCUT2D eigenvalue weighted by Gasteiger charge is -2.17. The van der Waals surface area contributed by atoms with E-state index in [4.69, 9.17) is 18.6 Å². The molecule has 0 fully saturated rings. The van der Waals surface area contributed by atoms with Crippen molar-refractivity contribution in [1.29, 1.82) is 0 Å². The predicted molar refractivity (Wildman–Crippen MR) is 66.4 cm³/mol. The fourth-order valence-corrected chi connectivity index (χ4v) is 4.18. The van der Waals surface area contributed by atoms with Crippen LogP contribution in [0.3, 0.4) is 0 Å². The Morgan fingerprint density at radius 1 is 1.16 bits per heavy atom. The van der Waals surface area contributed by atoms with Crippen LogP contribution in [-0.2, 0) is 0 Å². The summed E-state index contributed by atoms with van der Waals surface area (Å²) in [5.41, 5.74) is 2.51. The Bertz CT molecular complexity index is 506. The van der Waals surface area contributed by atoms with E-state index in [1.54, 1.807) is 32.4 Å². The van der Waals surface area contributed by atoms with E-state index in [2.05, 4.69) is 42.4 Å². The van der Waals surface area contributed by atoms with Crippen LogP contribution in [0, 0.1) is 17.2 Å². The molecule has 0 aliphatic heterocycles. The molecule has 1 aromatic carbocycles. The molecular formula is C10H10ClNO4S3. The Morgan fingerprint density at radius 2 is 1.68 bits per heavy atom. The van der Waals surface area contributed by atoms with Crippen molar-refractivity contribution < 1.29 is 28.9 Å². The zero-order valence-electron chi connectivity index (χ0n) is 9.99. The Hall–Kier alpha value is -0.320. The van der Waals surface area contributed by atoms with E-state index in [9.17, 15) is 0 Å². The van der Waals surface area contributed by atoms with Crippen molar-refractivity contribution in [2.45, 2.75) is 11.3 Å². The Morgan fingerprint density at radius 3 is 2.11 bits per heavy atom. The maximum absolute atomic E-state index is 8.49. The van der Waals surface area contributed by atoms with Crippen molar-refractivity contribution in [2.24, 2.45) is 0 Å². The minimum absolute atomic E-state index is 1.12. The molecule has 0 N–H and O–H groups in total. The van der Waals surface area contributed by atoms with Crippen LogP contribution >= 0.6 is 32.4 Å². The van der Waals surface area contributed by atoms with Gasteiger partial charge in [0.25, 0.3) is 0 Å². The summed E-state index contributed by atoms with van der Waals surface area (Å²) in [6.45, 7) is 2.10. The Labute approximate surface area is 124 Å². The van der Waals surface area contributed by atoms with Gasteiger partial charge in [0.1, 0.15) is 0 Å². The second kappa shape index (κ2) is 7.46. The topological polar surface area (TPSA) is 105 Å². The summed E-state index contributed by atoms with van der Waals surface area (Å²) in [5, 5.41) is 1.12. The third-order valence-electron chi connectivity index (χ3n) is 1.86. The first-order valence-corrected chi connectivity index (χ1v) is 9.43. The summed E-state index contributed by atoms with van der Waals surface area (Å²) in [4.78, 5) is 4.53. The number of aryl methyl sites for hydroxylation is 1. The number of halogens is 1. The number of thioether (sulfide) groups is 1. The summed E-state index contributed by atoms with van der Waals surface area (Å²) in [7, 11) is -1.46. The van der Waals surface area contributed by atoms with Crippen LogP contribution in [0.1, 0.15) is 5.56 Å². The Kier molecular flexibility index (Phi) is 6.57. The van der Waals surface area contributed by atoms with Crippen molar-refractivity contribution >= 4 is 32.4 Å². The fraction of sp³-hybridized carbons (Fsp3) is 0.200. The van der Waals surface area contributed by atoms with E-state index < -0.39 is 10.2 Å². The highest BCUT2D eigenvalue weighted by Gasteiger charge is 2.15. The van der Waals surface area contributed by atoms with Gasteiger partial charge in [-0.15, -0.1) is 10.2 Å². The molecular weight excluding hydrogens is 330 g/mol. The lowest BCUT2D eigenvalue weighted by atomic mass is 10.2. The monoisotopic (exact) mass is 339 g/mol. The van der Waals surface area contributed by atoms with Crippen LogP contribution in [0.5, 0.6) is 0 Å². The van der Waals surface area contributed by atoms with Crippen LogP contribution in [0.25, 0.3) is 10.6 Å². The number of rotatable bonds is 2. The van der Waals surface area contributed by atoms with Gasteiger partial charge in [0.15, 0.2) is 15.3 Å². The first-order valence-electron chi connectivity index (χ1n) is 4.82. The summed E-state index contributed by atoms with van der Waals surface area (Å²) in [6, 6.07) is 8.51. The molecule has 104 valence electrons. The van der Waals surface area contributed by atoms with E-state index in [0.717, 1.165) is 9.35 Å². The summed E-state index contributed by atoms with van der Waals surface area (Å²) in [6.07, 6.45) is 2.06. The maximum atomic E-state index is 8.49. The first kappa shape index (κ1) is 16.7. The molecule has 0 aliphatic carbocycles. The molecule has 19 heavy (non-hydrogen) atoms. The summed E-state index contributed by atoms with van der Waals surface area (Å²) < 4.78 is 35.1. The molecule has 0 radical (unpaired) electrons. The lowest BCUT2D eigenvalue weighted by molar-refractivity contribution is -2.00. The molecule has 0 atom stereocenters. The van der Waals surface area contributed by atoms with Crippen LogP contribution in [0.2, 0.25) is 0 Å². The molecule has 0 unspecified atom stereocenters. The van der Waals surface area contributed by atoms with Gasteiger partial charge < -0.3 is 0 Å². The molecule has 0 spiro atoms. The molecule has 5 nitrogen and oxygen atoms in total. The van der Waals surface area contributed by atoms with Gasteiger partial charge in [-0.2, -0.15) is 4.98 Å². The highest BCUT2D eigenvalue weighted by Crippen LogP contribution is 2.32. The van der Waals surface area contributed by atoms with Crippen molar-refractivity contribution in [2.75, 3.05) is 6.26 Å².